The van der Waals surface area contributed by atoms with Gasteiger partial charge in [-0.2, -0.15) is 0 Å². The third-order valence-corrected chi connectivity index (χ3v) is 2.78. The minimum Gasteiger partial charge on any atom is -0.0625 e. The summed E-state index contributed by atoms with van der Waals surface area (Å²) in [5.74, 6) is 2.96. The minimum absolute atomic E-state index is 0.919. The third-order valence-electron chi connectivity index (χ3n) is 2.78. The highest BCUT2D eigenvalue weighted by Gasteiger charge is 2.25. The molecule has 2 atom stereocenters. The molecule has 0 nitrogen and oxygen atoms in total. The van der Waals surface area contributed by atoms with Crippen LogP contribution in [0.15, 0.2) is 0 Å². The molecule has 1 aliphatic carbocycles. The first kappa shape index (κ1) is 7.11. The van der Waals surface area contributed by atoms with E-state index in [2.05, 4.69) is 20.8 Å². The number of hydrogen-bond acceptors (Lipinski definition) is 0. The average Bonchev–Trinajstić information content (AvgIpc) is 2.13. The van der Waals surface area contributed by atoms with E-state index in [1.54, 1.807) is 0 Å². The van der Waals surface area contributed by atoms with Gasteiger partial charge in [0.15, 0.2) is 0 Å². The van der Waals surface area contributed by atoms with Crippen LogP contribution in [0, 0.1) is 17.8 Å². The van der Waals surface area contributed by atoms with Gasteiger partial charge in [-0.15, -0.1) is 0 Å². The summed E-state index contributed by atoms with van der Waals surface area (Å²) >= 11 is 0. The fraction of sp³-hybridized carbons (Fsp3) is 1.00. The molecule has 0 aromatic heterocycles. The molecule has 0 aromatic rings. The Hall–Kier alpha value is 0. The highest BCUT2D eigenvalue weighted by atomic mass is 14.3. The van der Waals surface area contributed by atoms with Crippen LogP contribution in [0.2, 0.25) is 0 Å². The van der Waals surface area contributed by atoms with Crippen LogP contribution in [-0.2, 0) is 0 Å². The molecule has 0 heterocycles. The van der Waals surface area contributed by atoms with E-state index < -0.39 is 0 Å². The summed E-state index contributed by atoms with van der Waals surface area (Å²) in [7, 11) is 0. The largest absolute Gasteiger partial charge is 0.0625 e. The van der Waals surface area contributed by atoms with Gasteiger partial charge < -0.3 is 0 Å². The lowest BCUT2D eigenvalue weighted by molar-refractivity contribution is 0.314. The molecule has 0 heteroatoms. The van der Waals surface area contributed by atoms with Gasteiger partial charge in [0.2, 0.25) is 0 Å². The summed E-state index contributed by atoms with van der Waals surface area (Å²) in [6.45, 7) is 7.11. The lowest BCUT2D eigenvalue weighted by Gasteiger charge is -2.18. The van der Waals surface area contributed by atoms with Crippen molar-refractivity contribution in [3.8, 4) is 0 Å². The first-order valence-electron chi connectivity index (χ1n) is 4.22. The predicted molar refractivity (Wildman–Crippen MR) is 41.3 cm³/mol. The molecule has 0 bridgehead atoms. The Labute approximate surface area is 58.7 Å². The molecule has 0 aromatic carbocycles. The second-order valence-corrected chi connectivity index (χ2v) is 3.82. The maximum atomic E-state index is 2.40. The number of hydrogen-bond donors (Lipinski definition) is 0. The molecule has 0 radical (unpaired) electrons. The van der Waals surface area contributed by atoms with E-state index >= 15 is 0 Å². The Morgan fingerprint density at radius 1 is 1.22 bits per heavy atom. The minimum atomic E-state index is 0.919. The highest BCUT2D eigenvalue weighted by molar-refractivity contribution is 4.75. The maximum absolute atomic E-state index is 2.40. The summed E-state index contributed by atoms with van der Waals surface area (Å²) < 4.78 is 0. The average molecular weight is 126 g/mol. The number of rotatable bonds is 1. The van der Waals surface area contributed by atoms with Crippen molar-refractivity contribution < 1.29 is 0 Å². The molecular formula is C9H18. The molecule has 0 amide bonds. The van der Waals surface area contributed by atoms with Crippen molar-refractivity contribution in [3.63, 3.8) is 0 Å². The molecule has 1 saturated carbocycles. The van der Waals surface area contributed by atoms with Crippen LogP contribution in [-0.4, -0.2) is 0 Å². The molecule has 54 valence electrons. The molecule has 1 aliphatic rings. The summed E-state index contributed by atoms with van der Waals surface area (Å²) in [4.78, 5) is 0. The quantitative estimate of drug-likeness (QED) is 0.506. The predicted octanol–water partition coefficient (Wildman–Crippen LogP) is 3.08. The molecule has 1 rings (SSSR count). The van der Waals surface area contributed by atoms with Crippen molar-refractivity contribution in [1.82, 2.24) is 0 Å². The van der Waals surface area contributed by atoms with E-state index in [4.69, 9.17) is 0 Å². The maximum Gasteiger partial charge on any atom is -0.0365 e. The molecule has 1 fully saturated rings. The van der Waals surface area contributed by atoms with E-state index in [9.17, 15) is 0 Å². The molecular weight excluding hydrogens is 108 g/mol. The van der Waals surface area contributed by atoms with Gasteiger partial charge in [0.25, 0.3) is 0 Å². The molecule has 9 heavy (non-hydrogen) atoms. The lowest BCUT2D eigenvalue weighted by atomic mass is 9.87. The first-order valence-corrected chi connectivity index (χ1v) is 4.22. The van der Waals surface area contributed by atoms with Crippen LogP contribution in [0.3, 0.4) is 0 Å². The molecule has 0 N–H and O–H groups in total. The van der Waals surface area contributed by atoms with Crippen molar-refractivity contribution in [2.45, 2.75) is 40.0 Å². The second-order valence-electron chi connectivity index (χ2n) is 3.82. The van der Waals surface area contributed by atoms with Crippen molar-refractivity contribution in [1.29, 1.82) is 0 Å². The zero-order valence-corrected chi connectivity index (χ0v) is 6.85. The van der Waals surface area contributed by atoms with Gasteiger partial charge in [-0.05, 0) is 24.2 Å². The van der Waals surface area contributed by atoms with E-state index in [1.807, 2.05) is 0 Å². The summed E-state index contributed by atoms with van der Waals surface area (Å²) in [5, 5.41) is 0. The first-order chi connectivity index (χ1) is 4.22. The standard InChI is InChI=1S/C9H18/c1-7(2)9-6-4-5-8(9)3/h7-9H,4-6H2,1-3H3/t8?,9-/m1/s1. The van der Waals surface area contributed by atoms with E-state index in [1.165, 1.54) is 19.3 Å². The van der Waals surface area contributed by atoms with Gasteiger partial charge in [0.05, 0.1) is 0 Å². The van der Waals surface area contributed by atoms with Gasteiger partial charge in [-0.1, -0.05) is 33.6 Å². The highest BCUT2D eigenvalue weighted by Crippen LogP contribution is 2.35. The van der Waals surface area contributed by atoms with Gasteiger partial charge in [-0.3, -0.25) is 0 Å². The molecule has 0 spiro atoms. The Bertz CT molecular complexity index is 84.0. The van der Waals surface area contributed by atoms with Crippen LogP contribution < -0.4 is 0 Å². The third kappa shape index (κ3) is 1.47. The van der Waals surface area contributed by atoms with Gasteiger partial charge in [0, 0.05) is 0 Å². The lowest BCUT2D eigenvalue weighted by Crippen LogP contribution is -2.10. The fourth-order valence-corrected chi connectivity index (χ4v) is 2.16. The zero-order chi connectivity index (χ0) is 6.85. The van der Waals surface area contributed by atoms with Crippen LogP contribution in [0.25, 0.3) is 0 Å². The van der Waals surface area contributed by atoms with E-state index in [0.717, 1.165) is 17.8 Å². The normalized spacial score (nSPS) is 36.0. The molecule has 1 unspecified atom stereocenters. The van der Waals surface area contributed by atoms with E-state index in [-0.39, 0.29) is 0 Å². The van der Waals surface area contributed by atoms with Crippen molar-refractivity contribution in [3.05, 3.63) is 0 Å². The van der Waals surface area contributed by atoms with Crippen LogP contribution in [0.1, 0.15) is 40.0 Å². The van der Waals surface area contributed by atoms with Crippen LogP contribution >= 0.6 is 0 Å². The van der Waals surface area contributed by atoms with Gasteiger partial charge in [0.1, 0.15) is 0 Å². The Morgan fingerprint density at radius 2 is 1.89 bits per heavy atom. The monoisotopic (exact) mass is 126 g/mol. The topological polar surface area (TPSA) is 0 Å². The fourth-order valence-electron chi connectivity index (χ4n) is 2.16. The Kier molecular flexibility index (Phi) is 2.15. The Balaban J connectivity index is 2.40. The molecule has 0 aliphatic heterocycles. The second kappa shape index (κ2) is 2.72. The molecule has 0 saturated heterocycles. The van der Waals surface area contributed by atoms with Crippen molar-refractivity contribution in [2.75, 3.05) is 0 Å². The smallest absolute Gasteiger partial charge is 0.0365 e. The summed E-state index contributed by atoms with van der Waals surface area (Å²) in [6, 6.07) is 0. The summed E-state index contributed by atoms with van der Waals surface area (Å²) in [5.41, 5.74) is 0. The van der Waals surface area contributed by atoms with Crippen LogP contribution in [0.5, 0.6) is 0 Å². The zero-order valence-electron chi connectivity index (χ0n) is 6.85. The van der Waals surface area contributed by atoms with Crippen molar-refractivity contribution >= 4 is 0 Å². The SMILES string of the molecule is CC(C)[C@H]1CCCC1C. The van der Waals surface area contributed by atoms with Gasteiger partial charge >= 0.3 is 0 Å². The van der Waals surface area contributed by atoms with Crippen LogP contribution in [0.4, 0.5) is 0 Å². The summed E-state index contributed by atoms with van der Waals surface area (Å²) in [6.07, 6.45) is 4.44. The van der Waals surface area contributed by atoms with Crippen molar-refractivity contribution in [2.24, 2.45) is 17.8 Å². The Morgan fingerprint density at radius 3 is 2.11 bits per heavy atom. The van der Waals surface area contributed by atoms with Gasteiger partial charge in [-0.25, -0.2) is 0 Å². The van der Waals surface area contributed by atoms with E-state index in [0.29, 0.717) is 0 Å².